The Bertz CT molecular complexity index is 439. The Hall–Kier alpha value is -0.870. The van der Waals surface area contributed by atoms with Crippen molar-refractivity contribution in [2.24, 2.45) is 5.41 Å². The topological polar surface area (TPSA) is 41.1 Å². The van der Waals surface area contributed by atoms with Gasteiger partial charge in [0.1, 0.15) is 0 Å². The monoisotopic (exact) mass is 280 g/mol. The molecule has 1 saturated heterocycles. The minimum Gasteiger partial charge on any atom is -0.350 e. The minimum absolute atomic E-state index is 0.0480. The van der Waals surface area contributed by atoms with Gasteiger partial charge in [0, 0.05) is 9.75 Å². The van der Waals surface area contributed by atoms with Gasteiger partial charge in [-0.3, -0.25) is 4.79 Å². The lowest BCUT2D eigenvalue weighted by molar-refractivity contribution is -0.126. The molecule has 2 N–H and O–H groups in total. The molecule has 1 aliphatic rings. The largest absolute Gasteiger partial charge is 0.350 e. The number of piperidine rings is 1. The van der Waals surface area contributed by atoms with Gasteiger partial charge < -0.3 is 10.6 Å². The molecule has 3 nitrogen and oxygen atoms in total. The predicted molar refractivity (Wildman–Crippen MR) is 80.3 cm³/mol. The van der Waals surface area contributed by atoms with Crippen LogP contribution in [0.5, 0.6) is 0 Å². The van der Waals surface area contributed by atoms with Gasteiger partial charge in [-0.25, -0.2) is 0 Å². The van der Waals surface area contributed by atoms with Crippen molar-refractivity contribution in [1.82, 2.24) is 10.6 Å². The zero-order chi connectivity index (χ0) is 13.9. The molecule has 0 radical (unpaired) electrons. The van der Waals surface area contributed by atoms with E-state index in [4.69, 9.17) is 0 Å². The highest BCUT2D eigenvalue weighted by atomic mass is 32.1. The molecule has 1 fully saturated rings. The normalized spacial score (nSPS) is 22.2. The number of carbonyl (C=O) groups excluding carboxylic acids is 1. The van der Waals surface area contributed by atoms with Crippen LogP contribution in [-0.2, 0) is 17.8 Å². The van der Waals surface area contributed by atoms with Crippen molar-refractivity contribution in [3.63, 3.8) is 0 Å². The van der Waals surface area contributed by atoms with Crippen molar-refractivity contribution in [2.45, 2.75) is 52.6 Å². The lowest BCUT2D eigenvalue weighted by Gasteiger charge is -2.38. The van der Waals surface area contributed by atoms with E-state index in [1.807, 2.05) is 0 Å². The van der Waals surface area contributed by atoms with E-state index < -0.39 is 0 Å². The minimum atomic E-state index is -0.0631. The maximum absolute atomic E-state index is 12.3. The summed E-state index contributed by atoms with van der Waals surface area (Å²) in [6.45, 7) is 8.09. The Kier molecular flexibility index (Phi) is 4.63. The molecule has 0 aliphatic carbocycles. The summed E-state index contributed by atoms with van der Waals surface area (Å²) < 4.78 is 0. The number of hydrogen-bond acceptors (Lipinski definition) is 3. The van der Waals surface area contributed by atoms with E-state index in [2.05, 4.69) is 43.5 Å². The molecule has 1 unspecified atom stereocenters. The van der Waals surface area contributed by atoms with E-state index >= 15 is 0 Å². The van der Waals surface area contributed by atoms with E-state index in [0.29, 0.717) is 6.54 Å². The van der Waals surface area contributed by atoms with Crippen LogP contribution in [0.4, 0.5) is 0 Å². The van der Waals surface area contributed by atoms with Crippen molar-refractivity contribution >= 4 is 17.2 Å². The molecule has 0 bridgehead atoms. The smallest absolute Gasteiger partial charge is 0.237 e. The van der Waals surface area contributed by atoms with Crippen molar-refractivity contribution in [3.05, 3.63) is 21.9 Å². The van der Waals surface area contributed by atoms with Crippen LogP contribution in [0.25, 0.3) is 0 Å². The van der Waals surface area contributed by atoms with Crippen molar-refractivity contribution in [3.8, 4) is 0 Å². The first kappa shape index (κ1) is 14.5. The van der Waals surface area contributed by atoms with Crippen LogP contribution in [-0.4, -0.2) is 18.5 Å². The molecule has 1 aromatic rings. The van der Waals surface area contributed by atoms with E-state index in [1.54, 1.807) is 11.3 Å². The fourth-order valence-corrected chi connectivity index (χ4v) is 3.54. The molecule has 2 rings (SSSR count). The van der Waals surface area contributed by atoms with Gasteiger partial charge in [-0.1, -0.05) is 20.8 Å². The summed E-state index contributed by atoms with van der Waals surface area (Å²) in [5.74, 6) is 0.135. The van der Waals surface area contributed by atoms with Gasteiger partial charge in [-0.15, -0.1) is 11.3 Å². The summed E-state index contributed by atoms with van der Waals surface area (Å²) in [5.41, 5.74) is 0.0480. The molecule has 1 atom stereocenters. The molecule has 1 aliphatic heterocycles. The Balaban J connectivity index is 1.90. The van der Waals surface area contributed by atoms with Crippen LogP contribution in [0.2, 0.25) is 0 Å². The lowest BCUT2D eigenvalue weighted by atomic mass is 9.77. The third-order valence-electron chi connectivity index (χ3n) is 3.89. The molecular weight excluding hydrogens is 256 g/mol. The van der Waals surface area contributed by atoms with Crippen molar-refractivity contribution < 1.29 is 4.79 Å². The van der Waals surface area contributed by atoms with Gasteiger partial charge in [-0.2, -0.15) is 0 Å². The average molecular weight is 280 g/mol. The Morgan fingerprint density at radius 2 is 2.21 bits per heavy atom. The second-order valence-electron chi connectivity index (χ2n) is 5.92. The molecule has 0 aromatic carbocycles. The first-order valence-corrected chi connectivity index (χ1v) is 7.93. The zero-order valence-electron chi connectivity index (χ0n) is 12.1. The number of nitrogens with one attached hydrogen (secondary N) is 2. The number of thiophene rings is 1. The molecule has 4 heteroatoms. The second-order valence-corrected chi connectivity index (χ2v) is 7.17. The third kappa shape index (κ3) is 3.57. The highest BCUT2D eigenvalue weighted by Crippen LogP contribution is 2.30. The molecule has 1 aromatic heterocycles. The van der Waals surface area contributed by atoms with E-state index in [1.165, 1.54) is 9.75 Å². The fourth-order valence-electron chi connectivity index (χ4n) is 2.64. The number of aryl methyl sites for hydroxylation is 1. The molecular formula is C15H24N2OS. The number of rotatable bonds is 4. The van der Waals surface area contributed by atoms with Gasteiger partial charge in [-0.05, 0) is 43.4 Å². The standard InChI is InChI=1S/C15H24N2OS/c1-4-11-6-7-12(19-11)10-17-14(18)13-15(2,3)8-5-9-16-13/h6-7,13,16H,4-5,8-10H2,1-3H3,(H,17,18). The summed E-state index contributed by atoms with van der Waals surface area (Å²) >= 11 is 1.79. The van der Waals surface area contributed by atoms with E-state index in [9.17, 15) is 4.79 Å². The Morgan fingerprint density at radius 3 is 2.84 bits per heavy atom. The average Bonchev–Trinajstić information content (AvgIpc) is 2.83. The van der Waals surface area contributed by atoms with Gasteiger partial charge >= 0.3 is 0 Å². The molecule has 106 valence electrons. The van der Waals surface area contributed by atoms with Crippen LogP contribution < -0.4 is 10.6 Å². The van der Waals surface area contributed by atoms with Crippen LogP contribution in [0.3, 0.4) is 0 Å². The first-order chi connectivity index (χ1) is 9.03. The van der Waals surface area contributed by atoms with E-state index in [0.717, 1.165) is 25.8 Å². The molecule has 19 heavy (non-hydrogen) atoms. The molecule has 0 spiro atoms. The van der Waals surface area contributed by atoms with Gasteiger partial charge in [0.15, 0.2) is 0 Å². The summed E-state index contributed by atoms with van der Waals surface area (Å²) in [4.78, 5) is 14.9. The first-order valence-electron chi connectivity index (χ1n) is 7.11. The SMILES string of the molecule is CCc1ccc(CNC(=O)C2NCCCC2(C)C)s1. The number of hydrogen-bond donors (Lipinski definition) is 2. The number of amides is 1. The van der Waals surface area contributed by atoms with Gasteiger partial charge in [0.05, 0.1) is 12.6 Å². The summed E-state index contributed by atoms with van der Waals surface area (Å²) in [6, 6.07) is 4.20. The quantitative estimate of drug-likeness (QED) is 0.890. The van der Waals surface area contributed by atoms with Crippen molar-refractivity contribution in [2.75, 3.05) is 6.54 Å². The highest BCUT2D eigenvalue weighted by molar-refractivity contribution is 7.11. The van der Waals surface area contributed by atoms with Crippen molar-refractivity contribution in [1.29, 1.82) is 0 Å². The molecule has 1 amide bonds. The molecule has 0 saturated carbocycles. The van der Waals surface area contributed by atoms with E-state index in [-0.39, 0.29) is 17.4 Å². The number of carbonyl (C=O) groups is 1. The Labute approximate surface area is 119 Å². The summed E-state index contributed by atoms with van der Waals surface area (Å²) in [5, 5.41) is 6.42. The maximum Gasteiger partial charge on any atom is 0.237 e. The Morgan fingerprint density at radius 1 is 1.47 bits per heavy atom. The van der Waals surface area contributed by atoms with Crippen LogP contribution in [0.15, 0.2) is 12.1 Å². The summed E-state index contributed by atoms with van der Waals surface area (Å²) in [6.07, 6.45) is 3.33. The fraction of sp³-hybridized carbons (Fsp3) is 0.667. The summed E-state index contributed by atoms with van der Waals surface area (Å²) in [7, 11) is 0. The third-order valence-corrected chi connectivity index (χ3v) is 5.12. The predicted octanol–water partition coefficient (Wildman–Crippen LogP) is 2.70. The maximum atomic E-state index is 12.3. The van der Waals surface area contributed by atoms with Gasteiger partial charge in [0.2, 0.25) is 5.91 Å². The van der Waals surface area contributed by atoms with Crippen LogP contribution in [0, 0.1) is 5.41 Å². The molecule has 2 heterocycles. The highest BCUT2D eigenvalue weighted by Gasteiger charge is 2.36. The lowest BCUT2D eigenvalue weighted by Crippen LogP contribution is -2.55. The second kappa shape index (κ2) is 6.06. The van der Waals surface area contributed by atoms with Crippen LogP contribution >= 0.6 is 11.3 Å². The van der Waals surface area contributed by atoms with Gasteiger partial charge in [0.25, 0.3) is 0 Å². The zero-order valence-corrected chi connectivity index (χ0v) is 12.9. The van der Waals surface area contributed by atoms with Crippen LogP contribution in [0.1, 0.15) is 43.4 Å².